The van der Waals surface area contributed by atoms with Crippen molar-refractivity contribution >= 4 is 106 Å². The second-order valence-corrected chi connectivity index (χ2v) is 7.59. The second-order valence-electron chi connectivity index (χ2n) is 5.49. The molecule has 0 spiro atoms. The van der Waals surface area contributed by atoms with Crippen molar-refractivity contribution in [2.45, 2.75) is 70.6 Å². The van der Waals surface area contributed by atoms with E-state index in [1.165, 1.54) is 0 Å². The van der Waals surface area contributed by atoms with Gasteiger partial charge in [-0.3, -0.25) is 0 Å². The maximum absolute atomic E-state index is 8.23. The van der Waals surface area contributed by atoms with Gasteiger partial charge in [0.15, 0.2) is 0 Å². The molecule has 0 aromatic rings. The van der Waals surface area contributed by atoms with Gasteiger partial charge < -0.3 is 41.6 Å². The van der Waals surface area contributed by atoms with Gasteiger partial charge in [-0.05, 0) is 41.5 Å². The number of alkyl halides is 4. The van der Waals surface area contributed by atoms with E-state index in [-0.39, 0.29) is 90.3 Å². The smallest absolute Gasteiger partial charge is 0.870 e. The van der Waals surface area contributed by atoms with Gasteiger partial charge in [-0.2, -0.15) is 0 Å². The van der Waals surface area contributed by atoms with Crippen LogP contribution in [0.3, 0.4) is 0 Å². The number of epoxide rings is 1. The summed E-state index contributed by atoms with van der Waals surface area (Å²) in [5, 5.41) is 32.3. The van der Waals surface area contributed by atoms with Crippen LogP contribution in [0.2, 0.25) is 0 Å². The fourth-order valence-corrected chi connectivity index (χ4v) is 0.0962. The van der Waals surface area contributed by atoms with Crippen molar-refractivity contribution in [2.75, 3.05) is 31.6 Å². The fourth-order valence-electron chi connectivity index (χ4n) is 0.0962. The number of ether oxygens (including phenoxy) is 1. The molecule has 1 rings (SSSR count). The van der Waals surface area contributed by atoms with Gasteiger partial charge in [-0.15, -0.1) is 53.0 Å². The molecule has 0 saturated carbocycles. The van der Waals surface area contributed by atoms with Crippen LogP contribution < -0.4 is 0 Å². The zero-order valence-electron chi connectivity index (χ0n) is 20.3. The third kappa shape index (κ3) is 201. The summed E-state index contributed by atoms with van der Waals surface area (Å²) in [5.74, 6) is 0.667. The molecule has 0 aliphatic carbocycles. The van der Waals surface area contributed by atoms with Crippen molar-refractivity contribution < 1.29 is 41.6 Å². The van der Waals surface area contributed by atoms with Crippen molar-refractivity contribution in [3.8, 4) is 0 Å². The van der Waals surface area contributed by atoms with E-state index >= 15 is 0 Å². The Morgan fingerprint density at radius 2 is 1.00 bits per heavy atom. The number of aliphatic hydroxyl groups is 4. The molecule has 208 valence electrons. The van der Waals surface area contributed by atoms with Gasteiger partial charge in [0.25, 0.3) is 0 Å². The Labute approximate surface area is 260 Å². The minimum Gasteiger partial charge on any atom is -0.870 e. The predicted molar refractivity (Wildman–Crippen MR) is 146 cm³/mol. The first-order valence-corrected chi connectivity index (χ1v) is 11.8. The third-order valence-electron chi connectivity index (χ3n) is 1.45. The Bertz CT molecular complexity index is 226. The van der Waals surface area contributed by atoms with Crippen LogP contribution in [0.1, 0.15) is 41.5 Å². The fraction of sp³-hybridized carbons (Fsp3) is 0.889. The summed E-state index contributed by atoms with van der Waals surface area (Å²) in [5.41, 5.74) is 0. The molecule has 8 N–H and O–H groups in total. The second kappa shape index (κ2) is 64.5. The van der Waals surface area contributed by atoms with E-state index in [0.29, 0.717) is 17.9 Å². The molecule has 1 heterocycles. The van der Waals surface area contributed by atoms with Crippen molar-refractivity contribution in [3.05, 3.63) is 12.7 Å². The van der Waals surface area contributed by atoms with E-state index in [9.17, 15) is 0 Å². The van der Waals surface area contributed by atoms with Crippen molar-refractivity contribution in [3.63, 3.8) is 0 Å². The standard InChI is InChI=1S/4C3H7ClO.C3H6O.C3H6.Ca.Cl2.3H2O/c2*1-3(4)2-5;2*1-3(5)2-4;1-3-2-4-3;1-3-2;;1-2;;;/h4*3,5H,2H2,1H3;3H,2H2,1H3;3H,1H2,2H3;;;3*1H2/q;;;;;;+2;;;;/p-2. The van der Waals surface area contributed by atoms with Crippen LogP contribution in [-0.4, -0.2) is 135 Å². The Hall–Kier alpha value is 2.42. The Kier molecular flexibility index (Phi) is 127. The van der Waals surface area contributed by atoms with Gasteiger partial charge >= 0.3 is 37.7 Å². The molecule has 1 saturated heterocycles. The minimum atomic E-state index is -0.350. The summed E-state index contributed by atoms with van der Waals surface area (Å²) in [6.07, 6.45) is 1.63. The van der Waals surface area contributed by atoms with Crippen LogP contribution in [0, 0.1) is 0 Å². The normalized spacial score (nSPS) is 14.5. The number of halogens is 6. The first-order valence-electron chi connectivity index (χ1n) is 8.70. The molecule has 5 atom stereocenters. The molecule has 33 heavy (non-hydrogen) atoms. The van der Waals surface area contributed by atoms with Crippen LogP contribution >= 0.6 is 68.1 Å². The number of rotatable bonds is 4. The van der Waals surface area contributed by atoms with Crippen molar-refractivity contribution in [1.29, 1.82) is 0 Å². The summed E-state index contributed by atoms with van der Waals surface area (Å²) in [4.78, 5) is 0. The van der Waals surface area contributed by atoms with Gasteiger partial charge in [-0.1, -0.05) is 6.08 Å². The van der Waals surface area contributed by atoms with Gasteiger partial charge in [0.2, 0.25) is 0 Å². The van der Waals surface area contributed by atoms with E-state index < -0.39 is 0 Å². The molecule has 5 unspecified atom stereocenters. The van der Waals surface area contributed by atoms with E-state index in [2.05, 4.69) is 35.2 Å². The SMILES string of the molecule is C=CC.CC(Cl)CO.CC(Cl)CO.CC(O)CCl.CC(O)CCl.CC1CO1.ClCl.O.[Ca+2].[OH-].[OH-]. The van der Waals surface area contributed by atoms with Gasteiger partial charge in [0, 0.05) is 33.5 Å². The molecule has 0 amide bonds. The Morgan fingerprint density at radius 3 is 1.00 bits per heavy atom. The molecule has 0 radical (unpaired) electrons. The summed E-state index contributed by atoms with van der Waals surface area (Å²) in [7, 11) is 8.22. The summed E-state index contributed by atoms with van der Waals surface area (Å²) in [6.45, 7) is 15.2. The number of hydrogen-bond acceptors (Lipinski definition) is 7. The van der Waals surface area contributed by atoms with E-state index in [4.69, 9.17) is 71.6 Å². The third-order valence-corrected chi connectivity index (χ3v) is 2.62. The zero-order chi connectivity index (χ0) is 24.8. The van der Waals surface area contributed by atoms with Gasteiger partial charge in [0.05, 0.1) is 48.9 Å². The maximum Gasteiger partial charge on any atom is 2.00 e. The predicted octanol–water partition coefficient (Wildman–Crippen LogP) is 3.84. The van der Waals surface area contributed by atoms with Crippen LogP contribution in [-0.2, 0) is 4.74 Å². The number of allylic oxidation sites excluding steroid dienone is 1. The summed E-state index contributed by atoms with van der Waals surface area (Å²) in [6, 6.07) is 0. The van der Waals surface area contributed by atoms with Crippen LogP contribution in [0.15, 0.2) is 12.7 Å². The molecule has 15 heteroatoms. The first-order chi connectivity index (χ1) is 13.4. The molecule has 0 aromatic carbocycles. The first kappa shape index (κ1) is 64.9. The Morgan fingerprint density at radius 1 is 0.909 bits per heavy atom. The number of aliphatic hydroxyl groups excluding tert-OH is 4. The Balaban J connectivity index is -0.0000000232. The summed E-state index contributed by atoms with van der Waals surface area (Å²) < 4.78 is 4.71. The summed E-state index contributed by atoms with van der Waals surface area (Å²) >= 11 is 20.6. The monoisotopic (exact) mass is 638 g/mol. The molecule has 0 bridgehead atoms. The van der Waals surface area contributed by atoms with Crippen molar-refractivity contribution in [2.24, 2.45) is 0 Å². The molecule has 1 aliphatic rings. The minimum absolute atomic E-state index is 0. The van der Waals surface area contributed by atoms with E-state index in [0.717, 1.165) is 6.61 Å². The molecule has 0 aromatic heterocycles. The topological polar surface area (TPSA) is 185 Å². The zero-order valence-corrected chi connectivity index (χ0v) is 27.0. The largest absolute Gasteiger partial charge is 2.00 e. The molecule has 1 fully saturated rings. The van der Waals surface area contributed by atoms with E-state index in [1.54, 1.807) is 33.8 Å². The van der Waals surface area contributed by atoms with Crippen LogP contribution in [0.5, 0.6) is 0 Å². The van der Waals surface area contributed by atoms with E-state index in [1.807, 2.05) is 6.92 Å². The molecule has 8 nitrogen and oxygen atoms in total. The molecular formula is C18H44CaCl6O8. The van der Waals surface area contributed by atoms with Crippen LogP contribution in [0.25, 0.3) is 0 Å². The average molecular weight is 641 g/mol. The number of hydrogen-bond donors (Lipinski definition) is 4. The maximum atomic E-state index is 8.23. The van der Waals surface area contributed by atoms with Crippen molar-refractivity contribution in [1.82, 2.24) is 0 Å². The average Bonchev–Trinajstić information content (AvgIpc) is 3.47. The molecular weight excluding hydrogens is 597 g/mol. The van der Waals surface area contributed by atoms with Gasteiger partial charge in [-0.25, -0.2) is 0 Å². The van der Waals surface area contributed by atoms with Crippen LogP contribution in [0.4, 0.5) is 0 Å². The van der Waals surface area contributed by atoms with Gasteiger partial charge in [0.1, 0.15) is 0 Å². The molecule has 1 aliphatic heterocycles. The quantitative estimate of drug-likeness (QED) is 0.156.